The molecular formula is C10H21N3OS. The van der Waals surface area contributed by atoms with E-state index in [4.69, 9.17) is 23.1 Å². The van der Waals surface area contributed by atoms with Crippen LogP contribution in [0.3, 0.4) is 0 Å². The van der Waals surface area contributed by atoms with Crippen LogP contribution >= 0.6 is 12.2 Å². The van der Waals surface area contributed by atoms with Gasteiger partial charge in [0, 0.05) is 45.2 Å². The Labute approximate surface area is 97.0 Å². The van der Waals surface area contributed by atoms with Gasteiger partial charge in [-0.25, -0.2) is 0 Å². The summed E-state index contributed by atoms with van der Waals surface area (Å²) in [5.41, 5.74) is 5.59. The Kier molecular flexibility index (Phi) is 5.45. The molecule has 1 heterocycles. The van der Waals surface area contributed by atoms with E-state index in [1.165, 1.54) is 0 Å². The highest BCUT2D eigenvalue weighted by molar-refractivity contribution is 7.80. The number of hydrogen-bond acceptors (Lipinski definition) is 4. The average Bonchev–Trinajstić information content (AvgIpc) is 2.21. The second kappa shape index (κ2) is 6.37. The van der Waals surface area contributed by atoms with Gasteiger partial charge in [0.2, 0.25) is 0 Å². The highest BCUT2D eigenvalue weighted by Crippen LogP contribution is 2.05. The Bertz CT molecular complexity index is 205. The number of aliphatic hydroxyl groups excluding tert-OH is 1. The first-order chi connectivity index (χ1) is 7.13. The zero-order valence-electron chi connectivity index (χ0n) is 9.35. The van der Waals surface area contributed by atoms with Gasteiger partial charge < -0.3 is 15.7 Å². The van der Waals surface area contributed by atoms with Crippen LogP contribution in [0, 0.1) is 5.92 Å². The normalized spacial score (nSPS) is 21.5. The number of β-amino-alcohol motifs (C(OH)–C–C–N with tert-alkyl or cyclic N) is 1. The smallest absolute Gasteiger partial charge is 0.0768 e. The van der Waals surface area contributed by atoms with Crippen molar-refractivity contribution in [2.75, 3.05) is 45.9 Å². The fourth-order valence-corrected chi connectivity index (χ4v) is 1.89. The van der Waals surface area contributed by atoms with Crippen LogP contribution in [0.15, 0.2) is 0 Å². The molecule has 1 unspecified atom stereocenters. The summed E-state index contributed by atoms with van der Waals surface area (Å²) in [5.74, 6) is 0.296. The van der Waals surface area contributed by atoms with E-state index < -0.39 is 0 Å². The predicted octanol–water partition coefficient (Wildman–Crippen LogP) is -0.481. The van der Waals surface area contributed by atoms with Crippen LogP contribution in [0.25, 0.3) is 0 Å². The fraction of sp³-hybridized carbons (Fsp3) is 0.900. The van der Waals surface area contributed by atoms with E-state index in [0.717, 1.165) is 39.3 Å². The van der Waals surface area contributed by atoms with Gasteiger partial charge in [-0.2, -0.15) is 0 Å². The monoisotopic (exact) mass is 231 g/mol. The molecule has 0 aliphatic carbocycles. The van der Waals surface area contributed by atoms with Gasteiger partial charge in [-0.15, -0.1) is 0 Å². The Balaban J connectivity index is 2.22. The third-order valence-corrected chi connectivity index (χ3v) is 3.30. The van der Waals surface area contributed by atoms with E-state index in [1.807, 2.05) is 0 Å². The molecule has 3 N–H and O–H groups in total. The quantitative estimate of drug-likeness (QED) is 0.626. The van der Waals surface area contributed by atoms with Gasteiger partial charge in [0.25, 0.3) is 0 Å². The van der Waals surface area contributed by atoms with Crippen molar-refractivity contribution in [3.8, 4) is 0 Å². The number of rotatable bonds is 5. The molecule has 0 aromatic carbocycles. The first-order valence-electron chi connectivity index (χ1n) is 5.48. The molecule has 88 valence electrons. The first-order valence-corrected chi connectivity index (χ1v) is 5.89. The molecule has 0 radical (unpaired) electrons. The maximum Gasteiger partial charge on any atom is 0.0768 e. The molecule has 1 atom stereocenters. The summed E-state index contributed by atoms with van der Waals surface area (Å²) in [6.07, 6.45) is 0. The molecule has 1 saturated heterocycles. The number of nitrogens with two attached hydrogens (primary N) is 1. The molecule has 0 aromatic heterocycles. The van der Waals surface area contributed by atoms with Gasteiger partial charge >= 0.3 is 0 Å². The molecule has 1 aliphatic rings. The summed E-state index contributed by atoms with van der Waals surface area (Å²) in [5, 5.41) is 8.81. The van der Waals surface area contributed by atoms with Crippen molar-refractivity contribution in [2.45, 2.75) is 6.92 Å². The van der Waals surface area contributed by atoms with Crippen LogP contribution in [0.2, 0.25) is 0 Å². The number of aliphatic hydroxyl groups is 1. The summed E-state index contributed by atoms with van der Waals surface area (Å²) < 4.78 is 0. The second-order valence-electron chi connectivity index (χ2n) is 4.17. The summed E-state index contributed by atoms with van der Waals surface area (Å²) in [4.78, 5) is 5.27. The molecule has 1 aliphatic heterocycles. The molecule has 0 amide bonds. The molecule has 1 rings (SSSR count). The molecule has 4 nitrogen and oxygen atoms in total. The summed E-state index contributed by atoms with van der Waals surface area (Å²) in [6, 6.07) is 0. The number of piperazine rings is 1. The first kappa shape index (κ1) is 12.8. The largest absolute Gasteiger partial charge is 0.395 e. The molecule has 0 aromatic rings. The van der Waals surface area contributed by atoms with Crippen molar-refractivity contribution >= 4 is 17.2 Å². The minimum Gasteiger partial charge on any atom is -0.395 e. The second-order valence-corrected chi connectivity index (χ2v) is 4.64. The standard InChI is InChI=1S/C10H21N3OS/c1-9(10(11)15)8-13-4-2-12(3-5-13)6-7-14/h9,14H,2-8H2,1H3,(H2,11,15). The maximum absolute atomic E-state index is 8.81. The van der Waals surface area contributed by atoms with Crippen LogP contribution in [0.1, 0.15) is 6.92 Å². The van der Waals surface area contributed by atoms with E-state index >= 15 is 0 Å². The van der Waals surface area contributed by atoms with E-state index in [0.29, 0.717) is 10.9 Å². The number of thiocarbonyl (C=S) groups is 1. The highest BCUT2D eigenvalue weighted by atomic mass is 32.1. The zero-order chi connectivity index (χ0) is 11.3. The van der Waals surface area contributed by atoms with Crippen LogP contribution in [0.5, 0.6) is 0 Å². The number of nitrogens with zero attached hydrogens (tertiary/aromatic N) is 2. The van der Waals surface area contributed by atoms with Gasteiger partial charge in [-0.3, -0.25) is 4.90 Å². The lowest BCUT2D eigenvalue weighted by atomic mass is 10.1. The van der Waals surface area contributed by atoms with Gasteiger partial charge in [0.05, 0.1) is 11.6 Å². The summed E-state index contributed by atoms with van der Waals surface area (Å²) in [7, 11) is 0. The van der Waals surface area contributed by atoms with E-state index in [9.17, 15) is 0 Å². The lowest BCUT2D eigenvalue weighted by Gasteiger charge is -2.35. The van der Waals surface area contributed by atoms with E-state index in [-0.39, 0.29) is 6.61 Å². The third-order valence-electron chi connectivity index (χ3n) is 2.90. The molecule has 5 heteroatoms. The van der Waals surface area contributed by atoms with Gasteiger partial charge in [-0.05, 0) is 0 Å². The molecule has 0 saturated carbocycles. The Morgan fingerprint density at radius 3 is 2.33 bits per heavy atom. The van der Waals surface area contributed by atoms with Gasteiger partial charge in [0.15, 0.2) is 0 Å². The van der Waals surface area contributed by atoms with Crippen molar-refractivity contribution in [3.63, 3.8) is 0 Å². The van der Waals surface area contributed by atoms with Crippen LogP contribution < -0.4 is 5.73 Å². The molecule has 15 heavy (non-hydrogen) atoms. The van der Waals surface area contributed by atoms with Crippen molar-refractivity contribution in [3.05, 3.63) is 0 Å². The minimum atomic E-state index is 0.253. The Hall–Kier alpha value is -0.230. The molecule has 0 spiro atoms. The Morgan fingerprint density at radius 1 is 1.33 bits per heavy atom. The van der Waals surface area contributed by atoms with E-state index in [1.54, 1.807) is 0 Å². The maximum atomic E-state index is 8.81. The van der Waals surface area contributed by atoms with Crippen LogP contribution in [-0.2, 0) is 0 Å². The molecule has 0 bridgehead atoms. The zero-order valence-corrected chi connectivity index (χ0v) is 10.2. The average molecular weight is 231 g/mol. The van der Waals surface area contributed by atoms with Gasteiger partial charge in [0.1, 0.15) is 0 Å². The summed E-state index contributed by atoms with van der Waals surface area (Å²) in [6.45, 7) is 8.24. The molecule has 1 fully saturated rings. The van der Waals surface area contributed by atoms with Crippen molar-refractivity contribution < 1.29 is 5.11 Å². The Morgan fingerprint density at radius 2 is 1.87 bits per heavy atom. The van der Waals surface area contributed by atoms with Gasteiger partial charge in [-0.1, -0.05) is 19.1 Å². The fourth-order valence-electron chi connectivity index (χ4n) is 1.81. The van der Waals surface area contributed by atoms with Crippen molar-refractivity contribution in [2.24, 2.45) is 11.7 Å². The highest BCUT2D eigenvalue weighted by Gasteiger charge is 2.18. The topological polar surface area (TPSA) is 52.7 Å². The van der Waals surface area contributed by atoms with E-state index in [2.05, 4.69) is 16.7 Å². The lowest BCUT2D eigenvalue weighted by Crippen LogP contribution is -2.49. The SMILES string of the molecule is CC(CN1CCN(CCO)CC1)C(N)=S. The van der Waals surface area contributed by atoms with Crippen LogP contribution in [0.4, 0.5) is 0 Å². The third kappa shape index (κ3) is 4.42. The lowest BCUT2D eigenvalue weighted by molar-refractivity contribution is 0.109. The van der Waals surface area contributed by atoms with Crippen LogP contribution in [-0.4, -0.2) is 65.8 Å². The predicted molar refractivity (Wildman–Crippen MR) is 65.9 cm³/mol. The number of hydrogen-bond donors (Lipinski definition) is 2. The van der Waals surface area contributed by atoms with Crippen molar-refractivity contribution in [1.82, 2.24) is 9.80 Å². The summed E-state index contributed by atoms with van der Waals surface area (Å²) >= 11 is 4.96. The van der Waals surface area contributed by atoms with Crippen molar-refractivity contribution in [1.29, 1.82) is 0 Å². The molecular weight excluding hydrogens is 210 g/mol. The minimum absolute atomic E-state index is 0.253.